The number of benzene rings is 1. The molecule has 8 nitrogen and oxygen atoms in total. The summed E-state index contributed by atoms with van der Waals surface area (Å²) in [5.74, 6) is -0.198. The molecule has 0 spiro atoms. The minimum atomic E-state index is -4.63. The molecule has 0 bridgehead atoms. The van der Waals surface area contributed by atoms with E-state index in [2.05, 4.69) is 42.6 Å². The van der Waals surface area contributed by atoms with Gasteiger partial charge in [0.15, 0.2) is 5.69 Å². The Hall–Kier alpha value is -3.77. The summed E-state index contributed by atoms with van der Waals surface area (Å²) < 4.78 is 39.0. The van der Waals surface area contributed by atoms with Gasteiger partial charge >= 0.3 is 6.18 Å². The molecule has 5 rings (SSSR count). The number of pyridine rings is 1. The first-order chi connectivity index (χ1) is 20.8. The molecule has 44 heavy (non-hydrogen) atoms. The summed E-state index contributed by atoms with van der Waals surface area (Å²) in [4.78, 5) is 30.4. The number of halogens is 3. The maximum absolute atomic E-state index is 12.8. The lowest BCUT2D eigenvalue weighted by Gasteiger charge is -2.34. The Bertz CT molecular complexity index is 1560. The van der Waals surface area contributed by atoms with Crippen LogP contribution in [0.25, 0.3) is 10.2 Å². The number of para-hydroxylation sites is 1. The van der Waals surface area contributed by atoms with Crippen LogP contribution in [-0.4, -0.2) is 39.7 Å². The molecular weight excluding hydrogens is 589 g/mol. The smallest absolute Gasteiger partial charge is 0.350 e. The second kappa shape index (κ2) is 14.8. The van der Waals surface area contributed by atoms with Gasteiger partial charge in [-0.05, 0) is 60.4 Å². The van der Waals surface area contributed by atoms with Crippen molar-refractivity contribution >= 4 is 39.1 Å². The Kier molecular flexibility index (Phi) is 11.7. The normalized spacial score (nSPS) is 14.5. The monoisotopic (exact) mass is 630 g/mol. The molecule has 3 aromatic heterocycles. The number of carbonyl (C=O) groups excluding carboxylic acids is 2. The van der Waals surface area contributed by atoms with E-state index >= 15 is 0 Å². The fraction of sp³-hybridized carbons (Fsp3) is 0.438. The molecule has 0 fully saturated rings. The zero-order valence-corrected chi connectivity index (χ0v) is 26.8. The Morgan fingerprint density at radius 1 is 1.09 bits per heavy atom. The van der Waals surface area contributed by atoms with Crippen molar-refractivity contribution in [3.05, 3.63) is 76.1 Å². The number of aryl methyl sites for hydroxylation is 2. The molecule has 4 N–H and O–H groups in total. The van der Waals surface area contributed by atoms with Gasteiger partial charge < -0.3 is 16.4 Å². The molecule has 1 aromatic carbocycles. The summed E-state index contributed by atoms with van der Waals surface area (Å²) in [7, 11) is 1.14. The highest BCUT2D eigenvalue weighted by molar-refractivity contribution is 7.20. The number of carbonyl (C=O) groups is 2. The molecule has 3 heterocycles. The Labute approximate surface area is 260 Å². The van der Waals surface area contributed by atoms with Crippen molar-refractivity contribution < 1.29 is 22.8 Å². The van der Waals surface area contributed by atoms with Gasteiger partial charge in [-0.1, -0.05) is 52.8 Å². The number of nitrogens with one attached hydrogen (secondary N) is 2. The highest BCUT2D eigenvalue weighted by Gasteiger charge is 2.39. The molecule has 0 radical (unpaired) electrons. The first kappa shape index (κ1) is 34.7. The Morgan fingerprint density at radius 3 is 2.39 bits per heavy atom. The van der Waals surface area contributed by atoms with Gasteiger partial charge in [0, 0.05) is 36.9 Å². The van der Waals surface area contributed by atoms with Gasteiger partial charge in [0.05, 0.1) is 16.6 Å². The second-order valence-corrected chi connectivity index (χ2v) is 12.3. The summed E-state index contributed by atoms with van der Waals surface area (Å²) in [5, 5.41) is 9.78. The molecule has 1 aliphatic carbocycles. The van der Waals surface area contributed by atoms with E-state index in [1.54, 1.807) is 30.3 Å². The second-order valence-electron chi connectivity index (χ2n) is 11.3. The number of rotatable bonds is 5. The van der Waals surface area contributed by atoms with Crippen LogP contribution in [0.4, 0.5) is 18.9 Å². The van der Waals surface area contributed by atoms with Crippen molar-refractivity contribution in [3.8, 4) is 0 Å². The number of nitrogens with two attached hydrogens (primary N) is 1. The maximum Gasteiger partial charge on any atom is 0.433 e. The number of fused-ring (bicyclic) bond motifs is 2. The SMILES string of the molecule is CC.CC(C)(C)C1CCc2nc3sc(C(=O)NCCN)cc3cc2C1.Cn1ncc(C(=O)Nc2ccccc2)c1C(F)(F)F. The van der Waals surface area contributed by atoms with Gasteiger partial charge in [-0.2, -0.15) is 18.3 Å². The van der Waals surface area contributed by atoms with Crippen LogP contribution in [0.3, 0.4) is 0 Å². The van der Waals surface area contributed by atoms with E-state index in [1.165, 1.54) is 29.0 Å². The van der Waals surface area contributed by atoms with Crippen LogP contribution in [-0.2, 0) is 26.1 Å². The van der Waals surface area contributed by atoms with E-state index in [-0.39, 0.29) is 5.91 Å². The molecule has 0 aliphatic heterocycles. The number of anilines is 1. The zero-order chi connectivity index (χ0) is 32.7. The van der Waals surface area contributed by atoms with E-state index in [4.69, 9.17) is 10.7 Å². The van der Waals surface area contributed by atoms with Crippen LogP contribution < -0.4 is 16.4 Å². The lowest BCUT2D eigenvalue weighted by atomic mass is 9.71. The van der Waals surface area contributed by atoms with Crippen LogP contribution in [0.15, 0.2) is 48.7 Å². The van der Waals surface area contributed by atoms with Crippen LogP contribution >= 0.6 is 11.3 Å². The average Bonchev–Trinajstić information content (AvgIpc) is 3.59. The third kappa shape index (κ3) is 8.66. The van der Waals surface area contributed by atoms with Crippen LogP contribution in [0.2, 0.25) is 0 Å². The van der Waals surface area contributed by atoms with Crippen molar-refractivity contribution in [2.24, 2.45) is 24.1 Å². The molecule has 1 aliphatic rings. The number of thiophene rings is 1. The van der Waals surface area contributed by atoms with Crippen LogP contribution in [0, 0.1) is 11.3 Å². The van der Waals surface area contributed by atoms with Gasteiger partial charge in [0.2, 0.25) is 0 Å². The van der Waals surface area contributed by atoms with E-state index in [1.807, 2.05) is 19.9 Å². The van der Waals surface area contributed by atoms with Gasteiger partial charge in [-0.15, -0.1) is 11.3 Å². The summed E-state index contributed by atoms with van der Waals surface area (Å²) in [6, 6.07) is 12.4. The van der Waals surface area contributed by atoms with Crippen molar-refractivity contribution in [1.82, 2.24) is 20.1 Å². The summed E-state index contributed by atoms with van der Waals surface area (Å²) >= 11 is 1.47. The van der Waals surface area contributed by atoms with E-state index in [0.29, 0.717) is 34.8 Å². The number of alkyl halides is 3. The fourth-order valence-corrected chi connectivity index (χ4v) is 5.86. The third-order valence-corrected chi connectivity index (χ3v) is 8.28. The molecule has 2 amide bonds. The van der Waals surface area contributed by atoms with Gasteiger partial charge in [0.25, 0.3) is 11.8 Å². The van der Waals surface area contributed by atoms with Crippen LogP contribution in [0.5, 0.6) is 0 Å². The van der Waals surface area contributed by atoms with Crippen LogP contribution in [0.1, 0.15) is 78.0 Å². The quantitative estimate of drug-likeness (QED) is 0.223. The molecule has 4 aromatic rings. The van der Waals surface area contributed by atoms with E-state index < -0.39 is 23.3 Å². The van der Waals surface area contributed by atoms with Crippen molar-refractivity contribution in [3.63, 3.8) is 0 Å². The molecule has 12 heteroatoms. The standard InChI is InChI=1S/C18H25N3OS.C12H10F3N3O.C2H6/c1-18(2,3)13-4-5-14-11(9-13)8-12-10-15(23-17(12)21-14)16(22)20-7-6-19;1-18-10(12(13,14)15)9(7-16-18)11(19)17-8-5-3-2-4-6-8;1-2/h8,10,13H,4-7,9,19H2,1-3H3,(H,20,22);2-7H,1H3,(H,17,19);1-2H3. The van der Waals surface area contributed by atoms with Crippen molar-refractivity contribution in [2.75, 3.05) is 18.4 Å². The number of nitrogens with zero attached hydrogens (tertiary/aromatic N) is 3. The number of hydrogen-bond donors (Lipinski definition) is 3. The minimum absolute atomic E-state index is 0.0519. The van der Waals surface area contributed by atoms with E-state index in [0.717, 1.165) is 41.2 Å². The predicted octanol–water partition coefficient (Wildman–Crippen LogP) is 6.85. The summed E-state index contributed by atoms with van der Waals surface area (Å²) in [6.45, 7) is 11.9. The topological polar surface area (TPSA) is 115 Å². The lowest BCUT2D eigenvalue weighted by Crippen LogP contribution is -2.28. The molecular formula is C32H41F3N6O2S. The van der Waals surface area contributed by atoms with Gasteiger partial charge in [-0.25, -0.2) is 4.98 Å². The third-order valence-electron chi connectivity index (χ3n) is 7.23. The predicted molar refractivity (Wildman–Crippen MR) is 170 cm³/mol. The van der Waals surface area contributed by atoms with Crippen molar-refractivity contribution in [1.29, 1.82) is 0 Å². The molecule has 0 saturated carbocycles. The molecule has 1 atom stereocenters. The van der Waals surface area contributed by atoms with Crippen molar-refractivity contribution in [2.45, 2.75) is 60.1 Å². The highest BCUT2D eigenvalue weighted by atomic mass is 32.1. The summed E-state index contributed by atoms with van der Waals surface area (Å²) in [6.07, 6.45) is -0.397. The summed E-state index contributed by atoms with van der Waals surface area (Å²) in [5.41, 5.74) is 7.19. The zero-order valence-electron chi connectivity index (χ0n) is 26.0. The lowest BCUT2D eigenvalue weighted by molar-refractivity contribution is -0.144. The maximum atomic E-state index is 12.8. The largest absolute Gasteiger partial charge is 0.433 e. The Morgan fingerprint density at radius 2 is 1.77 bits per heavy atom. The molecule has 238 valence electrons. The minimum Gasteiger partial charge on any atom is -0.350 e. The Balaban J connectivity index is 0.000000232. The number of amides is 2. The van der Waals surface area contributed by atoms with E-state index in [9.17, 15) is 22.8 Å². The number of aromatic nitrogens is 3. The molecule has 1 unspecified atom stereocenters. The average molecular weight is 631 g/mol. The fourth-order valence-electron chi connectivity index (χ4n) is 4.91. The first-order valence-electron chi connectivity index (χ1n) is 14.6. The first-order valence-corrected chi connectivity index (χ1v) is 15.5. The highest BCUT2D eigenvalue weighted by Crippen LogP contribution is 2.38. The van der Waals surface area contributed by atoms with Gasteiger partial charge in [-0.3, -0.25) is 14.3 Å². The van der Waals surface area contributed by atoms with Gasteiger partial charge in [0.1, 0.15) is 4.83 Å². The molecule has 0 saturated heterocycles. The number of hydrogen-bond acceptors (Lipinski definition) is 6.